The molecule has 0 amide bonds. The van der Waals surface area contributed by atoms with Crippen molar-refractivity contribution >= 4 is 21.9 Å². The average Bonchev–Trinajstić information content (AvgIpc) is 2.31. The topological polar surface area (TPSA) is 55.8 Å². The first-order valence-electron chi connectivity index (χ1n) is 5.66. The van der Waals surface area contributed by atoms with Crippen LogP contribution in [0.25, 0.3) is 0 Å². The van der Waals surface area contributed by atoms with Crippen molar-refractivity contribution in [3.05, 3.63) is 27.7 Å². The molecule has 4 nitrogen and oxygen atoms in total. The highest BCUT2D eigenvalue weighted by Crippen LogP contribution is 2.31. The second-order valence-electron chi connectivity index (χ2n) is 4.95. The SMILES string of the molecule is Cc1c(C(=O)OCC2(C)COC2)ccc(Br)c1O. The molecule has 18 heavy (non-hydrogen) atoms. The van der Waals surface area contributed by atoms with Crippen molar-refractivity contribution in [3.63, 3.8) is 0 Å². The Bertz CT molecular complexity index is 480. The van der Waals surface area contributed by atoms with Crippen LogP contribution < -0.4 is 0 Å². The minimum Gasteiger partial charge on any atom is -0.506 e. The maximum absolute atomic E-state index is 11.9. The number of phenolic OH excluding ortho intramolecular Hbond substituents is 1. The zero-order valence-corrected chi connectivity index (χ0v) is 11.9. The number of hydrogen-bond donors (Lipinski definition) is 1. The zero-order chi connectivity index (χ0) is 13.3. The van der Waals surface area contributed by atoms with Crippen LogP contribution in [0.15, 0.2) is 16.6 Å². The summed E-state index contributed by atoms with van der Waals surface area (Å²) in [7, 11) is 0. The quantitative estimate of drug-likeness (QED) is 0.871. The van der Waals surface area contributed by atoms with Crippen molar-refractivity contribution in [1.82, 2.24) is 0 Å². The number of halogens is 1. The standard InChI is InChI=1S/C13H15BrO4/c1-8-9(3-4-10(14)11(8)15)12(16)18-7-13(2)5-17-6-13/h3-4,15H,5-7H2,1-2H3. The monoisotopic (exact) mass is 314 g/mol. The molecule has 1 fully saturated rings. The molecule has 0 saturated carbocycles. The van der Waals surface area contributed by atoms with Gasteiger partial charge in [-0.1, -0.05) is 6.92 Å². The summed E-state index contributed by atoms with van der Waals surface area (Å²) in [6, 6.07) is 3.27. The number of aromatic hydroxyl groups is 1. The summed E-state index contributed by atoms with van der Waals surface area (Å²) >= 11 is 3.20. The molecule has 1 aliphatic heterocycles. The molecule has 1 N–H and O–H groups in total. The Kier molecular flexibility index (Phi) is 3.64. The lowest BCUT2D eigenvalue weighted by Gasteiger charge is -2.37. The Morgan fingerprint density at radius 2 is 2.22 bits per heavy atom. The first kappa shape index (κ1) is 13.4. The van der Waals surface area contributed by atoms with Crippen molar-refractivity contribution in [3.8, 4) is 5.75 Å². The summed E-state index contributed by atoms with van der Waals surface area (Å²) < 4.78 is 10.9. The normalized spacial score (nSPS) is 17.1. The lowest BCUT2D eigenvalue weighted by molar-refractivity contribution is -0.127. The number of esters is 1. The van der Waals surface area contributed by atoms with Gasteiger partial charge in [-0.2, -0.15) is 0 Å². The molecule has 0 aliphatic carbocycles. The van der Waals surface area contributed by atoms with E-state index in [2.05, 4.69) is 15.9 Å². The molecule has 0 spiro atoms. The maximum Gasteiger partial charge on any atom is 0.338 e. The van der Waals surface area contributed by atoms with Gasteiger partial charge in [-0.25, -0.2) is 4.79 Å². The predicted octanol–water partition coefficient (Wildman–Crippen LogP) is 2.66. The largest absolute Gasteiger partial charge is 0.506 e. The molecule has 0 aromatic heterocycles. The number of carbonyl (C=O) groups excluding carboxylic acids is 1. The van der Waals surface area contributed by atoms with Crippen molar-refractivity contribution in [1.29, 1.82) is 0 Å². The maximum atomic E-state index is 11.9. The summed E-state index contributed by atoms with van der Waals surface area (Å²) in [4.78, 5) is 11.9. The van der Waals surface area contributed by atoms with Crippen LogP contribution in [-0.4, -0.2) is 30.9 Å². The number of hydrogen-bond acceptors (Lipinski definition) is 4. The Labute approximate surface area is 114 Å². The van der Waals surface area contributed by atoms with E-state index in [9.17, 15) is 9.90 Å². The molecule has 2 rings (SSSR count). The molecule has 0 atom stereocenters. The van der Waals surface area contributed by atoms with Crippen LogP contribution in [0.5, 0.6) is 5.75 Å². The third-order valence-electron chi connectivity index (χ3n) is 3.05. The minimum absolute atomic E-state index is 0.0685. The Morgan fingerprint density at radius 1 is 1.56 bits per heavy atom. The lowest BCUT2D eigenvalue weighted by atomic mass is 9.90. The van der Waals surface area contributed by atoms with Gasteiger partial charge in [0.25, 0.3) is 0 Å². The van der Waals surface area contributed by atoms with Crippen LogP contribution in [0, 0.1) is 12.3 Å². The van der Waals surface area contributed by atoms with Crippen molar-refractivity contribution in [2.45, 2.75) is 13.8 Å². The van der Waals surface area contributed by atoms with Gasteiger partial charge in [0.2, 0.25) is 0 Å². The average molecular weight is 315 g/mol. The molecule has 1 heterocycles. The van der Waals surface area contributed by atoms with E-state index in [0.717, 1.165) is 0 Å². The summed E-state index contributed by atoms with van der Waals surface area (Å²) in [5.74, 6) is -0.342. The summed E-state index contributed by atoms with van der Waals surface area (Å²) in [5, 5.41) is 9.75. The second kappa shape index (κ2) is 4.90. The molecule has 1 aliphatic rings. The van der Waals surface area contributed by atoms with E-state index in [0.29, 0.717) is 35.4 Å². The number of rotatable bonds is 3. The Hall–Kier alpha value is -1.07. The molecule has 1 aromatic rings. The molecule has 1 aromatic carbocycles. The fraction of sp³-hybridized carbons (Fsp3) is 0.462. The minimum atomic E-state index is -0.413. The van der Waals surface area contributed by atoms with Crippen LogP contribution >= 0.6 is 15.9 Å². The lowest BCUT2D eigenvalue weighted by Crippen LogP contribution is -2.44. The van der Waals surface area contributed by atoms with E-state index < -0.39 is 5.97 Å². The van der Waals surface area contributed by atoms with E-state index in [1.807, 2.05) is 6.92 Å². The number of benzene rings is 1. The molecular formula is C13H15BrO4. The molecule has 1 saturated heterocycles. The van der Waals surface area contributed by atoms with Crippen LogP contribution in [-0.2, 0) is 9.47 Å². The van der Waals surface area contributed by atoms with E-state index >= 15 is 0 Å². The van der Waals surface area contributed by atoms with Crippen molar-refractivity contribution in [2.75, 3.05) is 19.8 Å². The van der Waals surface area contributed by atoms with Gasteiger partial charge in [-0.3, -0.25) is 0 Å². The van der Waals surface area contributed by atoms with Crippen LogP contribution in [0.4, 0.5) is 0 Å². The molecule has 0 bridgehead atoms. The van der Waals surface area contributed by atoms with Gasteiger partial charge in [-0.05, 0) is 35.0 Å². The van der Waals surface area contributed by atoms with E-state index in [-0.39, 0.29) is 11.2 Å². The number of ether oxygens (including phenoxy) is 2. The van der Waals surface area contributed by atoms with Crippen LogP contribution in [0.3, 0.4) is 0 Å². The first-order valence-corrected chi connectivity index (χ1v) is 6.45. The third kappa shape index (κ3) is 2.52. The van der Waals surface area contributed by atoms with Gasteiger partial charge in [0.05, 0.1) is 23.2 Å². The second-order valence-corrected chi connectivity index (χ2v) is 5.80. The highest BCUT2D eigenvalue weighted by molar-refractivity contribution is 9.10. The van der Waals surface area contributed by atoms with E-state index in [1.165, 1.54) is 0 Å². The van der Waals surface area contributed by atoms with Gasteiger partial charge in [-0.15, -0.1) is 0 Å². The van der Waals surface area contributed by atoms with Gasteiger partial charge in [0, 0.05) is 11.0 Å². The Balaban J connectivity index is 2.07. The van der Waals surface area contributed by atoms with Crippen LogP contribution in [0.2, 0.25) is 0 Å². The third-order valence-corrected chi connectivity index (χ3v) is 3.69. The molecule has 98 valence electrons. The first-order chi connectivity index (χ1) is 8.43. The molecule has 5 heteroatoms. The van der Waals surface area contributed by atoms with E-state index in [1.54, 1.807) is 19.1 Å². The number of carbonyl (C=O) groups is 1. The fourth-order valence-corrected chi connectivity index (χ4v) is 2.17. The number of phenols is 1. The molecular weight excluding hydrogens is 300 g/mol. The van der Waals surface area contributed by atoms with Crippen LogP contribution in [0.1, 0.15) is 22.8 Å². The molecule has 0 radical (unpaired) electrons. The van der Waals surface area contributed by atoms with Gasteiger partial charge < -0.3 is 14.6 Å². The van der Waals surface area contributed by atoms with Gasteiger partial charge in [0.15, 0.2) is 0 Å². The van der Waals surface area contributed by atoms with Crippen molar-refractivity contribution in [2.24, 2.45) is 5.41 Å². The van der Waals surface area contributed by atoms with Gasteiger partial charge >= 0.3 is 5.97 Å². The molecule has 0 unspecified atom stereocenters. The van der Waals surface area contributed by atoms with E-state index in [4.69, 9.17) is 9.47 Å². The summed E-state index contributed by atoms with van der Waals surface area (Å²) in [5.41, 5.74) is 0.838. The Morgan fingerprint density at radius 3 is 2.78 bits per heavy atom. The smallest absolute Gasteiger partial charge is 0.338 e. The predicted molar refractivity (Wildman–Crippen MR) is 69.8 cm³/mol. The summed E-state index contributed by atoms with van der Waals surface area (Å²) in [6.45, 7) is 5.26. The summed E-state index contributed by atoms with van der Waals surface area (Å²) in [6.07, 6.45) is 0. The van der Waals surface area contributed by atoms with Crippen molar-refractivity contribution < 1.29 is 19.4 Å². The highest BCUT2D eigenvalue weighted by atomic mass is 79.9. The zero-order valence-electron chi connectivity index (χ0n) is 10.3. The highest BCUT2D eigenvalue weighted by Gasteiger charge is 2.35. The fourth-order valence-electron chi connectivity index (χ4n) is 1.74. The van der Waals surface area contributed by atoms with Gasteiger partial charge in [0.1, 0.15) is 12.4 Å².